The van der Waals surface area contributed by atoms with Crippen molar-refractivity contribution in [3.63, 3.8) is 0 Å². The summed E-state index contributed by atoms with van der Waals surface area (Å²) < 4.78 is 16.0. The number of nitrogens with one attached hydrogen (secondary N) is 1. The van der Waals surface area contributed by atoms with Crippen LogP contribution >= 0.6 is 11.6 Å². The molecule has 0 aliphatic carbocycles. The first-order valence-electron chi connectivity index (χ1n) is 7.87. The number of aromatic nitrogens is 4. The highest BCUT2D eigenvalue weighted by atomic mass is 35.5. The minimum atomic E-state index is -1.16. The maximum absolute atomic E-state index is 13.1. The number of carbonyl (C=O) groups is 2. The smallest absolute Gasteiger partial charge is 0.356 e. The number of hydrogen-bond donors (Lipinski definition) is 2. The second kappa shape index (κ2) is 7.58. The van der Waals surface area contributed by atoms with Gasteiger partial charge in [-0.3, -0.25) is 14.2 Å². The van der Waals surface area contributed by atoms with Crippen molar-refractivity contribution in [2.45, 2.75) is 20.0 Å². The second-order valence-electron chi connectivity index (χ2n) is 5.82. The van der Waals surface area contributed by atoms with Crippen LogP contribution in [0.4, 0.5) is 10.2 Å². The normalized spacial score (nSPS) is 10.8. The Balaban J connectivity index is 1.66. The van der Waals surface area contributed by atoms with Crippen LogP contribution < -0.4 is 5.32 Å². The van der Waals surface area contributed by atoms with Crippen molar-refractivity contribution in [1.29, 1.82) is 0 Å². The molecule has 3 aromatic rings. The summed E-state index contributed by atoms with van der Waals surface area (Å²) in [6.07, 6.45) is 1.41. The molecule has 140 valence electrons. The van der Waals surface area contributed by atoms with E-state index >= 15 is 0 Å². The van der Waals surface area contributed by atoms with Gasteiger partial charge in [-0.1, -0.05) is 17.7 Å². The van der Waals surface area contributed by atoms with Crippen LogP contribution in [-0.4, -0.2) is 36.5 Å². The van der Waals surface area contributed by atoms with E-state index in [-0.39, 0.29) is 12.2 Å². The molecule has 0 radical (unpaired) electrons. The molecule has 1 aromatic carbocycles. The number of halogens is 2. The zero-order chi connectivity index (χ0) is 19.6. The van der Waals surface area contributed by atoms with Crippen molar-refractivity contribution >= 4 is 29.3 Å². The molecule has 2 N–H and O–H groups in total. The van der Waals surface area contributed by atoms with Crippen molar-refractivity contribution in [2.75, 3.05) is 5.32 Å². The SMILES string of the molecule is Cc1cc(NC(=O)Cn2ccc(C(=O)O)n2)nn1Cc1ccc(F)cc1Cl. The van der Waals surface area contributed by atoms with E-state index in [4.69, 9.17) is 16.7 Å². The molecule has 10 heteroatoms. The van der Waals surface area contributed by atoms with Crippen LogP contribution in [0.2, 0.25) is 5.02 Å². The van der Waals surface area contributed by atoms with Crippen molar-refractivity contribution < 1.29 is 19.1 Å². The molecular formula is C17H15ClFN5O3. The fraction of sp³-hybridized carbons (Fsp3) is 0.176. The Labute approximate surface area is 158 Å². The van der Waals surface area contributed by atoms with Gasteiger partial charge in [0, 0.05) is 23.0 Å². The number of carbonyl (C=O) groups excluding carboxylic acids is 1. The Kier molecular flexibility index (Phi) is 5.22. The molecule has 0 atom stereocenters. The summed E-state index contributed by atoms with van der Waals surface area (Å²) in [5, 5.41) is 19.8. The quantitative estimate of drug-likeness (QED) is 0.672. The minimum absolute atomic E-state index is 0.140. The molecule has 0 spiro atoms. The van der Waals surface area contributed by atoms with Crippen molar-refractivity contribution in [3.05, 3.63) is 64.3 Å². The van der Waals surface area contributed by atoms with Gasteiger partial charge >= 0.3 is 5.97 Å². The van der Waals surface area contributed by atoms with Gasteiger partial charge in [0.25, 0.3) is 0 Å². The number of carboxylic acid groups (broad SMARTS) is 1. The van der Waals surface area contributed by atoms with Crippen LogP contribution in [0.15, 0.2) is 36.5 Å². The van der Waals surface area contributed by atoms with Gasteiger partial charge in [-0.05, 0) is 30.7 Å². The van der Waals surface area contributed by atoms with Crippen molar-refractivity contribution in [2.24, 2.45) is 0 Å². The largest absolute Gasteiger partial charge is 0.476 e. The van der Waals surface area contributed by atoms with Crippen LogP contribution in [0.25, 0.3) is 0 Å². The van der Waals surface area contributed by atoms with Gasteiger partial charge in [0.1, 0.15) is 12.4 Å². The Bertz CT molecular complexity index is 1010. The van der Waals surface area contributed by atoms with Gasteiger partial charge < -0.3 is 10.4 Å². The van der Waals surface area contributed by atoms with Crippen LogP contribution in [0.5, 0.6) is 0 Å². The lowest BCUT2D eigenvalue weighted by Gasteiger charge is -2.07. The highest BCUT2D eigenvalue weighted by molar-refractivity contribution is 6.31. The average molecular weight is 392 g/mol. The van der Waals surface area contributed by atoms with Crippen LogP contribution in [0, 0.1) is 12.7 Å². The minimum Gasteiger partial charge on any atom is -0.476 e. The zero-order valence-electron chi connectivity index (χ0n) is 14.2. The number of anilines is 1. The van der Waals surface area contributed by atoms with Gasteiger partial charge in [-0.2, -0.15) is 10.2 Å². The highest BCUT2D eigenvalue weighted by Crippen LogP contribution is 2.19. The fourth-order valence-corrected chi connectivity index (χ4v) is 2.66. The molecule has 0 bridgehead atoms. The average Bonchev–Trinajstić information content (AvgIpc) is 3.17. The third-order valence-corrected chi connectivity index (χ3v) is 4.10. The molecule has 3 rings (SSSR count). The summed E-state index contributed by atoms with van der Waals surface area (Å²) in [6.45, 7) is 1.98. The van der Waals surface area contributed by atoms with Crippen LogP contribution in [0.3, 0.4) is 0 Å². The lowest BCUT2D eigenvalue weighted by atomic mass is 10.2. The molecule has 1 amide bonds. The molecule has 0 saturated carbocycles. The lowest BCUT2D eigenvalue weighted by molar-refractivity contribution is -0.116. The van der Waals surface area contributed by atoms with E-state index in [9.17, 15) is 14.0 Å². The van der Waals surface area contributed by atoms with E-state index < -0.39 is 17.7 Å². The molecule has 0 unspecified atom stereocenters. The summed E-state index contributed by atoms with van der Waals surface area (Å²) >= 11 is 6.04. The molecule has 0 fully saturated rings. The molecule has 2 aromatic heterocycles. The number of aryl methyl sites for hydroxylation is 1. The topological polar surface area (TPSA) is 102 Å². The summed E-state index contributed by atoms with van der Waals surface area (Å²) in [6, 6.07) is 7.11. The number of aromatic carboxylic acids is 1. The molecule has 0 saturated heterocycles. The Morgan fingerprint density at radius 1 is 1.26 bits per heavy atom. The van der Waals surface area contributed by atoms with E-state index in [0.29, 0.717) is 22.9 Å². The van der Waals surface area contributed by atoms with Crippen LogP contribution in [-0.2, 0) is 17.9 Å². The van der Waals surface area contributed by atoms with E-state index in [2.05, 4.69) is 15.5 Å². The molecule has 0 aliphatic heterocycles. The van der Waals surface area contributed by atoms with Crippen LogP contribution in [0.1, 0.15) is 21.7 Å². The van der Waals surface area contributed by atoms with E-state index in [1.165, 1.54) is 29.1 Å². The zero-order valence-corrected chi connectivity index (χ0v) is 14.9. The van der Waals surface area contributed by atoms with Gasteiger partial charge in [0.15, 0.2) is 11.5 Å². The Hall–Kier alpha value is -3.20. The predicted molar refractivity (Wildman–Crippen MR) is 95.3 cm³/mol. The second-order valence-corrected chi connectivity index (χ2v) is 6.22. The third kappa shape index (κ3) is 4.50. The first kappa shape index (κ1) is 18.6. The first-order valence-corrected chi connectivity index (χ1v) is 8.24. The molecule has 0 aliphatic rings. The Morgan fingerprint density at radius 3 is 2.70 bits per heavy atom. The first-order chi connectivity index (χ1) is 12.8. The number of benzene rings is 1. The van der Waals surface area contributed by atoms with E-state index in [1.54, 1.807) is 16.8 Å². The molecule has 27 heavy (non-hydrogen) atoms. The molecule has 8 nitrogen and oxygen atoms in total. The van der Waals surface area contributed by atoms with Crippen molar-refractivity contribution in [3.8, 4) is 0 Å². The predicted octanol–water partition coefficient (Wildman–Crippen LogP) is 2.57. The Morgan fingerprint density at radius 2 is 2.04 bits per heavy atom. The van der Waals surface area contributed by atoms with Gasteiger partial charge in [0.05, 0.1) is 6.54 Å². The molecular weight excluding hydrogens is 377 g/mol. The van der Waals surface area contributed by atoms with Gasteiger partial charge in [-0.25, -0.2) is 9.18 Å². The standard InChI is InChI=1S/C17H15ClFN5O3/c1-10-6-15(20-16(25)9-23-5-4-14(21-23)17(26)27)22-24(10)8-11-2-3-12(19)7-13(11)18/h2-7H,8-9H2,1H3,(H,26,27)(H,20,22,25). The number of amides is 1. The van der Waals surface area contributed by atoms with Gasteiger partial charge in [-0.15, -0.1) is 0 Å². The lowest BCUT2D eigenvalue weighted by Crippen LogP contribution is -2.20. The summed E-state index contributed by atoms with van der Waals surface area (Å²) in [4.78, 5) is 22.9. The third-order valence-electron chi connectivity index (χ3n) is 3.75. The number of rotatable bonds is 6. The maximum Gasteiger partial charge on any atom is 0.356 e. The van der Waals surface area contributed by atoms with E-state index in [0.717, 1.165) is 5.69 Å². The van der Waals surface area contributed by atoms with Gasteiger partial charge in [0.2, 0.25) is 5.91 Å². The molecule has 2 heterocycles. The number of hydrogen-bond acceptors (Lipinski definition) is 4. The summed E-state index contributed by atoms with van der Waals surface area (Å²) in [5.74, 6) is -1.65. The van der Waals surface area contributed by atoms with E-state index in [1.807, 2.05) is 6.92 Å². The maximum atomic E-state index is 13.1. The number of nitrogens with zero attached hydrogens (tertiary/aromatic N) is 4. The number of carboxylic acids is 1. The fourth-order valence-electron chi connectivity index (χ4n) is 2.44. The summed E-state index contributed by atoms with van der Waals surface area (Å²) in [5.41, 5.74) is 1.33. The monoisotopic (exact) mass is 391 g/mol. The highest BCUT2D eigenvalue weighted by Gasteiger charge is 2.12. The summed E-state index contributed by atoms with van der Waals surface area (Å²) in [7, 11) is 0. The van der Waals surface area contributed by atoms with Crippen molar-refractivity contribution in [1.82, 2.24) is 19.6 Å².